The fourth-order valence-corrected chi connectivity index (χ4v) is 7.13. The smallest absolute Gasteiger partial charge is 0.254 e. The number of aromatic nitrogens is 4. The number of nitrogens with one attached hydrogen (secondary N) is 3. The molecule has 0 spiro atoms. The third-order valence-corrected chi connectivity index (χ3v) is 9.90. The highest BCUT2D eigenvalue weighted by molar-refractivity contribution is 5.99. The van der Waals surface area contributed by atoms with E-state index in [0.717, 1.165) is 43.2 Å². The Morgan fingerprint density at radius 2 is 1.98 bits per heavy atom. The number of rotatable bonds is 6. The Balaban J connectivity index is 1.32. The summed E-state index contributed by atoms with van der Waals surface area (Å²) in [5, 5.41) is 9.51. The number of amides is 2. The lowest BCUT2D eigenvalue weighted by molar-refractivity contribution is -0.123. The second-order valence-corrected chi connectivity index (χ2v) is 13.1. The molecule has 1 saturated heterocycles. The number of benzene rings is 1. The van der Waals surface area contributed by atoms with E-state index in [1.165, 1.54) is 13.2 Å². The van der Waals surface area contributed by atoms with Crippen LogP contribution in [0.1, 0.15) is 67.5 Å². The van der Waals surface area contributed by atoms with Crippen LogP contribution in [0.5, 0.6) is 0 Å². The van der Waals surface area contributed by atoms with E-state index < -0.39 is 35.3 Å². The molecule has 0 unspecified atom stereocenters. The summed E-state index contributed by atoms with van der Waals surface area (Å²) >= 11 is 0. The second kappa shape index (κ2) is 12.9. The molecule has 0 radical (unpaired) electrons. The minimum Gasteiger partial charge on any atom is -0.383 e. The summed E-state index contributed by atoms with van der Waals surface area (Å²) in [4.78, 5) is 35.8. The zero-order valence-electron chi connectivity index (χ0n) is 26.6. The van der Waals surface area contributed by atoms with Gasteiger partial charge < -0.3 is 29.8 Å². The third-order valence-electron chi connectivity index (χ3n) is 9.90. The first-order valence-electron chi connectivity index (χ1n) is 16.6. The van der Waals surface area contributed by atoms with Gasteiger partial charge in [0.2, 0.25) is 5.91 Å². The van der Waals surface area contributed by atoms with E-state index in [2.05, 4.69) is 20.5 Å². The summed E-state index contributed by atoms with van der Waals surface area (Å²) in [6.07, 6.45) is 3.71. The number of hydrogen-bond acceptors (Lipinski definition) is 6. The van der Waals surface area contributed by atoms with Gasteiger partial charge in [-0.05, 0) is 69.3 Å². The molecule has 5 atom stereocenters. The molecular formula is C34H40F3N7O3. The average Bonchev–Trinajstić information content (AvgIpc) is 3.62. The number of pyridine rings is 1. The summed E-state index contributed by atoms with van der Waals surface area (Å²) in [5.74, 6) is -2.45. The number of fused-ring (bicyclic) bond motifs is 3. The molecule has 250 valence electrons. The Morgan fingerprint density at radius 3 is 2.79 bits per heavy atom. The minimum absolute atomic E-state index is 0.0756. The number of carbonyl (C=O) groups excluding carboxylic acids is 2. The third kappa shape index (κ3) is 5.99. The molecule has 2 fully saturated rings. The molecule has 1 saturated carbocycles. The lowest BCUT2D eigenvalue weighted by atomic mass is 10.0. The summed E-state index contributed by atoms with van der Waals surface area (Å²) in [6, 6.07) is 5.88. The fraction of sp³-hybridized carbons (Fsp3) is 0.529. The Bertz CT molecular complexity index is 1840. The highest BCUT2D eigenvalue weighted by Gasteiger charge is 2.42. The van der Waals surface area contributed by atoms with Crippen LogP contribution in [0, 0.1) is 23.5 Å². The van der Waals surface area contributed by atoms with Crippen molar-refractivity contribution in [2.24, 2.45) is 11.8 Å². The van der Waals surface area contributed by atoms with Gasteiger partial charge in [-0.2, -0.15) is 0 Å². The van der Waals surface area contributed by atoms with Crippen molar-refractivity contribution in [2.45, 2.75) is 76.8 Å². The van der Waals surface area contributed by atoms with Gasteiger partial charge in [0.25, 0.3) is 5.91 Å². The van der Waals surface area contributed by atoms with Gasteiger partial charge in [-0.1, -0.05) is 12.8 Å². The standard InChI is InChI=1S/C34H40F3N7O3/c1-18-24-8-7-20-15-27(43(31(20)40-24)11-5-3-4-6-19-14-21(19)33(45)39-18)32-41-25-16-22(34(46)42-26-17-38-10-9-23(26)35)28(36)29(37)30(25)44(32)12-13-47-2/h7-8,15-16,18-19,21,23,26,38H,3-6,9-14,17H2,1-2H3,(H,39,45)(H,42,46)/t18-,19-,21-,23+,26+/m1/s1. The molecular weight excluding hydrogens is 611 g/mol. The first-order valence-corrected chi connectivity index (χ1v) is 16.6. The van der Waals surface area contributed by atoms with E-state index in [1.807, 2.05) is 25.1 Å². The molecule has 2 bridgehead atoms. The van der Waals surface area contributed by atoms with Crippen molar-refractivity contribution in [1.82, 2.24) is 35.1 Å². The van der Waals surface area contributed by atoms with Gasteiger partial charge in [-0.15, -0.1) is 0 Å². The van der Waals surface area contributed by atoms with Gasteiger partial charge >= 0.3 is 0 Å². The monoisotopic (exact) mass is 651 g/mol. The summed E-state index contributed by atoms with van der Waals surface area (Å²) in [6.45, 7) is 3.61. The number of ether oxygens (including phenoxy) is 1. The first kappa shape index (κ1) is 31.6. The molecule has 4 aromatic rings. The maximum absolute atomic E-state index is 16.0. The highest BCUT2D eigenvalue weighted by atomic mass is 19.2. The zero-order chi connectivity index (χ0) is 32.8. The van der Waals surface area contributed by atoms with Crippen LogP contribution in [0.15, 0.2) is 24.3 Å². The normalized spacial score (nSPS) is 25.0. The van der Waals surface area contributed by atoms with Crippen molar-refractivity contribution >= 4 is 33.9 Å². The Hall–Kier alpha value is -3.97. The zero-order valence-corrected chi connectivity index (χ0v) is 26.6. The SMILES string of the molecule is COCCn1c(-c2cc3ccc4nc3n2CCCCC[C@@H]2C[C@H]2C(=O)N[C@@H]4C)nc2cc(C(=O)N[C@H]3CNCC[C@@H]3F)c(F)c(F)c21. The number of imidazole rings is 1. The quantitative estimate of drug-likeness (QED) is 0.276. The number of carbonyl (C=O) groups is 2. The molecule has 1 aromatic carbocycles. The Morgan fingerprint density at radius 1 is 1.13 bits per heavy atom. The van der Waals surface area contributed by atoms with Crippen LogP contribution in [0.25, 0.3) is 33.6 Å². The number of piperidine rings is 1. The van der Waals surface area contributed by atoms with E-state index >= 15 is 8.78 Å². The Labute approximate surface area is 270 Å². The van der Waals surface area contributed by atoms with Crippen molar-refractivity contribution < 1.29 is 27.5 Å². The van der Waals surface area contributed by atoms with Crippen molar-refractivity contribution in [3.8, 4) is 11.5 Å². The molecule has 3 aromatic heterocycles. The van der Waals surface area contributed by atoms with Gasteiger partial charge in [-0.3, -0.25) is 9.59 Å². The van der Waals surface area contributed by atoms with Gasteiger partial charge in [0.1, 0.15) is 17.3 Å². The van der Waals surface area contributed by atoms with Crippen LogP contribution in [-0.4, -0.2) is 69.9 Å². The molecule has 1 aliphatic carbocycles. The summed E-state index contributed by atoms with van der Waals surface area (Å²) in [7, 11) is 1.53. The van der Waals surface area contributed by atoms with Gasteiger partial charge in [0, 0.05) is 38.0 Å². The van der Waals surface area contributed by atoms with Crippen LogP contribution in [0.4, 0.5) is 13.2 Å². The lowest BCUT2D eigenvalue weighted by Crippen LogP contribution is -2.52. The van der Waals surface area contributed by atoms with Crippen molar-refractivity contribution in [1.29, 1.82) is 0 Å². The van der Waals surface area contributed by atoms with E-state index in [0.29, 0.717) is 36.2 Å². The van der Waals surface area contributed by atoms with Crippen LogP contribution in [0.2, 0.25) is 0 Å². The van der Waals surface area contributed by atoms with E-state index in [-0.39, 0.29) is 55.0 Å². The molecule has 2 aliphatic heterocycles. The number of hydrogen-bond donors (Lipinski definition) is 3. The average molecular weight is 652 g/mol. The molecule has 13 heteroatoms. The number of aryl methyl sites for hydroxylation is 1. The molecule has 10 nitrogen and oxygen atoms in total. The van der Waals surface area contributed by atoms with Crippen molar-refractivity contribution in [2.75, 3.05) is 26.8 Å². The maximum Gasteiger partial charge on any atom is 0.254 e. The van der Waals surface area contributed by atoms with Crippen LogP contribution in [-0.2, 0) is 22.6 Å². The molecule has 2 amide bonds. The Kier molecular flexibility index (Phi) is 8.69. The highest BCUT2D eigenvalue weighted by Crippen LogP contribution is 2.43. The predicted molar refractivity (Wildman–Crippen MR) is 171 cm³/mol. The molecule has 3 N–H and O–H groups in total. The fourth-order valence-electron chi connectivity index (χ4n) is 7.13. The molecule has 5 heterocycles. The second-order valence-electron chi connectivity index (χ2n) is 13.1. The van der Waals surface area contributed by atoms with Crippen molar-refractivity contribution in [3.05, 3.63) is 47.2 Å². The molecule has 47 heavy (non-hydrogen) atoms. The molecule has 7 rings (SSSR count). The van der Waals surface area contributed by atoms with Crippen LogP contribution in [0.3, 0.4) is 0 Å². The van der Waals surface area contributed by atoms with Gasteiger partial charge in [-0.25, -0.2) is 23.1 Å². The number of nitrogens with zero attached hydrogens (tertiary/aromatic N) is 4. The van der Waals surface area contributed by atoms with Crippen LogP contribution >= 0.6 is 0 Å². The summed E-state index contributed by atoms with van der Waals surface area (Å²) in [5.41, 5.74) is 1.59. The predicted octanol–water partition coefficient (Wildman–Crippen LogP) is 4.79. The minimum atomic E-state index is -1.32. The van der Waals surface area contributed by atoms with Gasteiger partial charge in [0.15, 0.2) is 17.5 Å². The van der Waals surface area contributed by atoms with E-state index in [1.54, 1.807) is 4.57 Å². The topological polar surface area (TPSA) is 115 Å². The summed E-state index contributed by atoms with van der Waals surface area (Å²) < 4.78 is 55.0. The maximum atomic E-state index is 16.0. The van der Waals surface area contributed by atoms with E-state index in [4.69, 9.17) is 14.7 Å². The first-order chi connectivity index (χ1) is 22.7. The van der Waals surface area contributed by atoms with Gasteiger partial charge in [0.05, 0.1) is 41.2 Å². The van der Waals surface area contributed by atoms with E-state index in [9.17, 15) is 14.0 Å². The number of halogens is 3. The van der Waals surface area contributed by atoms with Crippen molar-refractivity contribution in [3.63, 3.8) is 0 Å². The lowest BCUT2D eigenvalue weighted by Gasteiger charge is -2.27. The number of alkyl halides is 1. The van der Waals surface area contributed by atoms with Crippen LogP contribution < -0.4 is 16.0 Å². The molecule has 3 aliphatic rings. The largest absolute Gasteiger partial charge is 0.383 e. The number of methoxy groups -OCH3 is 1.